The van der Waals surface area contributed by atoms with Crippen molar-refractivity contribution in [3.8, 4) is 11.5 Å². The van der Waals surface area contributed by atoms with Gasteiger partial charge in [-0.25, -0.2) is 4.39 Å². The summed E-state index contributed by atoms with van der Waals surface area (Å²) in [6, 6.07) is 18.7. The van der Waals surface area contributed by atoms with Crippen molar-refractivity contribution in [2.45, 2.75) is 6.61 Å². The van der Waals surface area contributed by atoms with Crippen LogP contribution in [0.3, 0.4) is 0 Å². The number of carbonyl (C=O) groups is 1. The molecule has 31 heavy (non-hydrogen) atoms. The Bertz CT molecular complexity index is 1040. The summed E-state index contributed by atoms with van der Waals surface area (Å²) < 4.78 is 24.9. The first-order chi connectivity index (χ1) is 15.0. The van der Waals surface area contributed by atoms with Crippen LogP contribution >= 0.6 is 15.9 Å². The summed E-state index contributed by atoms with van der Waals surface area (Å²) in [4.78, 5) is 16.9. The summed E-state index contributed by atoms with van der Waals surface area (Å²) in [5.74, 6) is 0.379. The normalized spacial score (nSPS) is 10.7. The van der Waals surface area contributed by atoms with Crippen LogP contribution in [0, 0.1) is 5.82 Å². The fraction of sp³-hybridized carbons (Fsp3) is 0.130. The Hall–Kier alpha value is -3.39. The number of hydrogen-bond donors (Lipinski definition) is 1. The van der Waals surface area contributed by atoms with Gasteiger partial charge in [-0.1, -0.05) is 35.5 Å². The zero-order chi connectivity index (χ0) is 22.1. The Balaban J connectivity index is 1.57. The fourth-order valence-electron chi connectivity index (χ4n) is 2.60. The van der Waals surface area contributed by atoms with E-state index in [1.54, 1.807) is 36.4 Å². The van der Waals surface area contributed by atoms with Crippen LogP contribution < -0.4 is 14.8 Å². The zero-order valence-electron chi connectivity index (χ0n) is 16.7. The SMILES string of the molecule is COc1cc(/C=N/OCC(=O)Nc2ccccc2)cc(Br)c1OCc1ccc(F)cc1. The smallest absolute Gasteiger partial charge is 0.265 e. The Labute approximate surface area is 187 Å². The highest BCUT2D eigenvalue weighted by Gasteiger charge is 2.12. The number of benzene rings is 3. The topological polar surface area (TPSA) is 69.2 Å². The fourth-order valence-corrected chi connectivity index (χ4v) is 3.18. The maximum atomic E-state index is 13.0. The molecule has 0 fully saturated rings. The van der Waals surface area contributed by atoms with Crippen molar-refractivity contribution in [1.82, 2.24) is 0 Å². The summed E-state index contributed by atoms with van der Waals surface area (Å²) in [6.07, 6.45) is 1.47. The largest absolute Gasteiger partial charge is 0.493 e. The number of para-hydroxylation sites is 1. The van der Waals surface area contributed by atoms with Gasteiger partial charge >= 0.3 is 0 Å². The van der Waals surface area contributed by atoms with E-state index in [0.717, 1.165) is 5.56 Å². The molecule has 0 aliphatic rings. The Morgan fingerprint density at radius 1 is 1.13 bits per heavy atom. The summed E-state index contributed by atoms with van der Waals surface area (Å²) in [5, 5.41) is 6.54. The molecule has 0 aromatic heterocycles. The molecule has 1 amide bonds. The third-order valence-corrected chi connectivity index (χ3v) is 4.67. The van der Waals surface area contributed by atoms with Crippen LogP contribution in [0.5, 0.6) is 11.5 Å². The van der Waals surface area contributed by atoms with E-state index >= 15 is 0 Å². The number of rotatable bonds is 9. The van der Waals surface area contributed by atoms with Crippen molar-refractivity contribution in [2.75, 3.05) is 19.0 Å². The van der Waals surface area contributed by atoms with Crippen LogP contribution in [0.2, 0.25) is 0 Å². The second-order valence-electron chi connectivity index (χ2n) is 6.37. The third kappa shape index (κ3) is 6.82. The average Bonchev–Trinajstić information content (AvgIpc) is 2.77. The summed E-state index contributed by atoms with van der Waals surface area (Å²) in [6.45, 7) is 0.0326. The highest BCUT2D eigenvalue weighted by Crippen LogP contribution is 2.36. The van der Waals surface area contributed by atoms with Gasteiger partial charge in [0.2, 0.25) is 0 Å². The molecule has 0 aliphatic carbocycles. The molecule has 0 radical (unpaired) electrons. The maximum Gasteiger partial charge on any atom is 0.265 e. The van der Waals surface area contributed by atoms with Crippen molar-refractivity contribution in [3.05, 3.63) is 88.1 Å². The van der Waals surface area contributed by atoms with Crippen molar-refractivity contribution in [3.63, 3.8) is 0 Å². The second-order valence-corrected chi connectivity index (χ2v) is 7.23. The lowest BCUT2D eigenvalue weighted by Gasteiger charge is -2.13. The molecule has 3 aromatic carbocycles. The lowest BCUT2D eigenvalue weighted by molar-refractivity contribution is -0.120. The molecule has 160 valence electrons. The minimum Gasteiger partial charge on any atom is -0.493 e. The van der Waals surface area contributed by atoms with Crippen molar-refractivity contribution >= 4 is 33.7 Å². The number of anilines is 1. The Morgan fingerprint density at radius 2 is 1.87 bits per heavy atom. The van der Waals surface area contributed by atoms with E-state index in [4.69, 9.17) is 14.3 Å². The number of halogens is 2. The van der Waals surface area contributed by atoms with Gasteiger partial charge in [0, 0.05) is 11.3 Å². The first-order valence-corrected chi connectivity index (χ1v) is 10.1. The van der Waals surface area contributed by atoms with Gasteiger partial charge in [-0.15, -0.1) is 0 Å². The molecule has 1 N–H and O–H groups in total. The van der Waals surface area contributed by atoms with Crippen LogP contribution in [0.25, 0.3) is 0 Å². The second kappa shape index (κ2) is 11.1. The standard InChI is InChI=1S/C23H20BrFN2O4/c1-29-21-12-17(13-26-31-15-22(28)27-19-5-3-2-4-6-19)11-20(24)23(21)30-14-16-7-9-18(25)10-8-16/h2-13H,14-15H2,1H3,(H,27,28)/b26-13+. The van der Waals surface area contributed by atoms with Gasteiger partial charge in [0.15, 0.2) is 18.1 Å². The van der Waals surface area contributed by atoms with Gasteiger partial charge in [-0.05, 0) is 57.9 Å². The van der Waals surface area contributed by atoms with Crippen molar-refractivity contribution in [2.24, 2.45) is 5.16 Å². The van der Waals surface area contributed by atoms with E-state index in [1.165, 1.54) is 25.5 Å². The summed E-state index contributed by atoms with van der Waals surface area (Å²) in [5.41, 5.74) is 2.19. The molecule has 0 heterocycles. The number of nitrogens with zero attached hydrogens (tertiary/aromatic N) is 1. The number of ether oxygens (including phenoxy) is 2. The molecule has 0 bridgehead atoms. The minimum absolute atomic E-state index is 0.220. The van der Waals surface area contributed by atoms with E-state index in [2.05, 4.69) is 26.4 Å². The molecule has 0 saturated heterocycles. The zero-order valence-corrected chi connectivity index (χ0v) is 18.3. The van der Waals surface area contributed by atoms with Crippen LogP contribution in [0.15, 0.2) is 76.4 Å². The number of oxime groups is 1. The molecule has 0 spiro atoms. The van der Waals surface area contributed by atoms with E-state index < -0.39 is 0 Å². The van der Waals surface area contributed by atoms with Crippen LogP contribution in [0.4, 0.5) is 10.1 Å². The molecule has 6 nitrogen and oxygen atoms in total. The van der Waals surface area contributed by atoms with E-state index in [-0.39, 0.29) is 24.9 Å². The third-order valence-electron chi connectivity index (χ3n) is 4.08. The van der Waals surface area contributed by atoms with Crippen molar-refractivity contribution < 1.29 is 23.5 Å². The number of nitrogens with one attached hydrogen (secondary N) is 1. The van der Waals surface area contributed by atoms with Gasteiger partial charge in [0.1, 0.15) is 12.4 Å². The van der Waals surface area contributed by atoms with Gasteiger partial charge in [-0.2, -0.15) is 0 Å². The monoisotopic (exact) mass is 486 g/mol. The van der Waals surface area contributed by atoms with Crippen LogP contribution in [0.1, 0.15) is 11.1 Å². The molecular weight excluding hydrogens is 467 g/mol. The first-order valence-electron chi connectivity index (χ1n) is 9.30. The minimum atomic E-state index is -0.313. The Morgan fingerprint density at radius 3 is 2.58 bits per heavy atom. The predicted molar refractivity (Wildman–Crippen MR) is 120 cm³/mol. The molecular formula is C23H20BrFN2O4. The average molecular weight is 487 g/mol. The molecule has 0 aliphatic heterocycles. The Kier molecular flexibility index (Phi) is 8.00. The van der Waals surface area contributed by atoms with Gasteiger partial charge < -0.3 is 19.6 Å². The van der Waals surface area contributed by atoms with Crippen LogP contribution in [-0.2, 0) is 16.2 Å². The molecule has 0 saturated carbocycles. The predicted octanol–water partition coefficient (Wildman–Crippen LogP) is 5.17. The lowest BCUT2D eigenvalue weighted by Crippen LogP contribution is -2.16. The van der Waals surface area contributed by atoms with Crippen molar-refractivity contribution in [1.29, 1.82) is 0 Å². The van der Waals surface area contributed by atoms with Crippen LogP contribution in [-0.4, -0.2) is 25.8 Å². The molecule has 0 unspecified atom stereocenters. The van der Waals surface area contributed by atoms with Gasteiger partial charge in [0.05, 0.1) is 17.8 Å². The lowest BCUT2D eigenvalue weighted by atomic mass is 10.2. The molecule has 8 heteroatoms. The maximum absolute atomic E-state index is 13.0. The van der Waals surface area contributed by atoms with Gasteiger partial charge in [-0.3, -0.25) is 4.79 Å². The summed E-state index contributed by atoms with van der Waals surface area (Å²) in [7, 11) is 1.53. The number of amides is 1. The number of carbonyl (C=O) groups excluding carboxylic acids is 1. The van der Waals surface area contributed by atoms with E-state index in [1.807, 2.05) is 18.2 Å². The van der Waals surface area contributed by atoms with E-state index in [0.29, 0.717) is 27.2 Å². The highest BCUT2D eigenvalue weighted by molar-refractivity contribution is 9.10. The quantitative estimate of drug-likeness (QED) is 0.334. The molecule has 3 rings (SSSR count). The molecule has 3 aromatic rings. The number of methoxy groups -OCH3 is 1. The molecule has 0 atom stereocenters. The summed E-state index contributed by atoms with van der Waals surface area (Å²) >= 11 is 3.46. The first kappa shape index (κ1) is 22.3. The highest BCUT2D eigenvalue weighted by atomic mass is 79.9. The van der Waals surface area contributed by atoms with E-state index in [9.17, 15) is 9.18 Å². The number of hydrogen-bond acceptors (Lipinski definition) is 5. The van der Waals surface area contributed by atoms with Gasteiger partial charge in [0.25, 0.3) is 5.91 Å².